The summed E-state index contributed by atoms with van der Waals surface area (Å²) >= 11 is 5.98. The highest BCUT2D eigenvalue weighted by atomic mass is 35.5. The largest absolute Gasteiger partial charge is 0.439 e. The first-order valence-electron chi connectivity index (χ1n) is 10.5. The average Bonchev–Trinajstić information content (AvgIpc) is 2.83. The van der Waals surface area contributed by atoms with E-state index in [1.54, 1.807) is 68.7 Å². The molecule has 0 fully saturated rings. The summed E-state index contributed by atoms with van der Waals surface area (Å²) in [6.07, 6.45) is 1.26. The molecule has 4 aromatic rings. The maximum atomic E-state index is 13.3. The maximum absolute atomic E-state index is 13.3. The molecule has 0 bridgehead atoms. The number of hydrogen-bond acceptors (Lipinski definition) is 6. The Balaban J connectivity index is 1.62. The number of pyridine rings is 1. The van der Waals surface area contributed by atoms with E-state index in [9.17, 15) is 14.0 Å². The zero-order valence-electron chi connectivity index (χ0n) is 18.9. The van der Waals surface area contributed by atoms with Gasteiger partial charge in [0.25, 0.3) is 11.5 Å². The molecule has 2 aromatic heterocycles. The molecule has 0 saturated carbocycles. The minimum Gasteiger partial charge on any atom is -0.439 e. The van der Waals surface area contributed by atoms with Gasteiger partial charge in [0.05, 0.1) is 6.54 Å². The molecule has 0 spiro atoms. The molecule has 35 heavy (non-hydrogen) atoms. The van der Waals surface area contributed by atoms with E-state index in [0.29, 0.717) is 16.5 Å². The molecule has 4 rings (SSSR count). The lowest BCUT2D eigenvalue weighted by atomic mass is 10.2. The fraction of sp³-hybridized carbons (Fsp3) is 0.120. The van der Waals surface area contributed by atoms with Gasteiger partial charge in [-0.25, -0.2) is 4.98 Å². The number of nitrogens with zero attached hydrogens (tertiary/aromatic N) is 4. The van der Waals surface area contributed by atoms with Gasteiger partial charge in [-0.05, 0) is 48.0 Å². The summed E-state index contributed by atoms with van der Waals surface area (Å²) in [7, 11) is 3.14. The zero-order chi connectivity index (χ0) is 24.9. The van der Waals surface area contributed by atoms with Gasteiger partial charge in [-0.15, -0.1) is 0 Å². The molecule has 0 unspecified atom stereocenters. The number of rotatable bonds is 7. The molecule has 0 aliphatic carbocycles. The molecule has 1 N–H and O–H groups in total. The van der Waals surface area contributed by atoms with Gasteiger partial charge >= 0.3 is 0 Å². The van der Waals surface area contributed by atoms with E-state index in [1.807, 2.05) is 0 Å². The van der Waals surface area contributed by atoms with Crippen molar-refractivity contribution in [1.29, 1.82) is 0 Å². The highest BCUT2D eigenvalue weighted by Gasteiger charge is 2.18. The quantitative estimate of drug-likeness (QED) is 0.375. The third-order valence-electron chi connectivity index (χ3n) is 4.96. The summed E-state index contributed by atoms with van der Waals surface area (Å²) in [5.74, 6) is -0.244. The summed E-state index contributed by atoms with van der Waals surface area (Å²) in [6.45, 7) is 0.173. The van der Waals surface area contributed by atoms with Crippen LogP contribution in [0.5, 0.6) is 11.6 Å². The van der Waals surface area contributed by atoms with Crippen molar-refractivity contribution in [1.82, 2.24) is 19.4 Å². The maximum Gasteiger partial charge on any atom is 0.268 e. The number of hydrogen-bond donors (Lipinski definition) is 1. The Hall–Kier alpha value is -4.24. The molecule has 0 aliphatic rings. The third kappa shape index (κ3) is 5.82. The lowest BCUT2D eigenvalue weighted by Crippen LogP contribution is -2.34. The van der Waals surface area contributed by atoms with Crippen molar-refractivity contribution in [2.75, 3.05) is 19.4 Å². The molecule has 0 radical (unpaired) electrons. The van der Waals surface area contributed by atoms with Crippen LogP contribution in [0.15, 0.2) is 77.7 Å². The number of halogens is 2. The Morgan fingerprint density at radius 1 is 1.09 bits per heavy atom. The van der Waals surface area contributed by atoms with Crippen LogP contribution in [0.2, 0.25) is 5.02 Å². The number of aromatic nitrogens is 3. The van der Waals surface area contributed by atoms with Crippen LogP contribution in [0.1, 0.15) is 15.9 Å². The van der Waals surface area contributed by atoms with E-state index >= 15 is 0 Å². The van der Waals surface area contributed by atoms with Gasteiger partial charge in [0.15, 0.2) is 0 Å². The molecule has 2 heterocycles. The van der Waals surface area contributed by atoms with Crippen molar-refractivity contribution >= 4 is 29.1 Å². The zero-order valence-corrected chi connectivity index (χ0v) is 19.7. The molecular weight excluding hydrogens is 473 g/mol. The second-order valence-corrected chi connectivity index (χ2v) is 8.20. The molecule has 8 nitrogen and oxygen atoms in total. The van der Waals surface area contributed by atoms with Crippen LogP contribution in [0.4, 0.5) is 16.0 Å². The monoisotopic (exact) mass is 493 g/mol. The van der Waals surface area contributed by atoms with Gasteiger partial charge in [0, 0.05) is 37.1 Å². The van der Waals surface area contributed by atoms with E-state index in [4.69, 9.17) is 16.3 Å². The van der Waals surface area contributed by atoms with Gasteiger partial charge < -0.3 is 15.0 Å². The first-order valence-corrected chi connectivity index (χ1v) is 10.9. The van der Waals surface area contributed by atoms with E-state index in [0.717, 1.165) is 5.56 Å². The van der Waals surface area contributed by atoms with Crippen molar-refractivity contribution in [2.45, 2.75) is 6.54 Å². The average molecular weight is 494 g/mol. The Kier molecular flexibility index (Phi) is 7.07. The molecule has 2 aromatic carbocycles. The smallest absolute Gasteiger partial charge is 0.268 e. The number of nitrogens with one attached hydrogen (secondary N) is 1. The summed E-state index contributed by atoms with van der Waals surface area (Å²) in [4.78, 5) is 35.1. The lowest BCUT2D eigenvalue weighted by Gasteiger charge is -2.16. The molecule has 10 heteroatoms. The Bertz CT molecular complexity index is 1410. The number of carbonyl (C=O) groups excluding carboxylic acids is 1. The van der Waals surface area contributed by atoms with Crippen LogP contribution < -0.4 is 15.6 Å². The summed E-state index contributed by atoms with van der Waals surface area (Å²) in [6, 6.07) is 18.1. The number of carbonyl (C=O) groups is 1. The van der Waals surface area contributed by atoms with Crippen LogP contribution in [-0.2, 0) is 6.54 Å². The summed E-state index contributed by atoms with van der Waals surface area (Å²) in [5, 5.41) is 3.68. The fourth-order valence-corrected chi connectivity index (χ4v) is 3.33. The first kappa shape index (κ1) is 23.9. The van der Waals surface area contributed by atoms with Crippen LogP contribution >= 0.6 is 11.6 Å². The summed E-state index contributed by atoms with van der Waals surface area (Å²) < 4.78 is 20.2. The second kappa shape index (κ2) is 10.4. The van der Waals surface area contributed by atoms with E-state index in [-0.39, 0.29) is 23.9 Å². The molecule has 178 valence electrons. The fourth-order valence-electron chi connectivity index (χ4n) is 3.20. The van der Waals surface area contributed by atoms with Crippen LogP contribution in [0.25, 0.3) is 0 Å². The van der Waals surface area contributed by atoms with Crippen LogP contribution in [0.3, 0.4) is 0 Å². The van der Waals surface area contributed by atoms with Crippen LogP contribution in [-0.4, -0.2) is 39.4 Å². The molecule has 0 atom stereocenters. The first-order chi connectivity index (χ1) is 16.8. The van der Waals surface area contributed by atoms with E-state index < -0.39 is 17.4 Å². The van der Waals surface area contributed by atoms with Crippen LogP contribution in [0, 0.1) is 5.95 Å². The SMILES string of the molecule is CN(C)C(=O)c1cnc(Nc2ccc(Oc3cccc(F)n3)cc2)n(Cc2ccc(Cl)cc2)c1=O. The molecule has 0 saturated heterocycles. The predicted molar refractivity (Wildman–Crippen MR) is 131 cm³/mol. The molecular formula is C25H21ClFN5O3. The predicted octanol–water partition coefficient (Wildman–Crippen LogP) is 4.72. The lowest BCUT2D eigenvalue weighted by molar-refractivity contribution is 0.0825. The minimum atomic E-state index is -0.637. The topological polar surface area (TPSA) is 89.3 Å². The number of anilines is 2. The number of benzene rings is 2. The van der Waals surface area contributed by atoms with E-state index in [1.165, 1.54) is 27.8 Å². The molecule has 1 amide bonds. The van der Waals surface area contributed by atoms with Gasteiger partial charge in [-0.3, -0.25) is 14.2 Å². The van der Waals surface area contributed by atoms with Crippen molar-refractivity contribution in [3.63, 3.8) is 0 Å². The number of amides is 1. The van der Waals surface area contributed by atoms with E-state index in [2.05, 4.69) is 15.3 Å². The Morgan fingerprint density at radius 2 is 1.80 bits per heavy atom. The third-order valence-corrected chi connectivity index (χ3v) is 5.21. The van der Waals surface area contributed by atoms with Gasteiger partial charge in [-0.1, -0.05) is 29.8 Å². The van der Waals surface area contributed by atoms with Crippen molar-refractivity contribution in [3.8, 4) is 11.6 Å². The van der Waals surface area contributed by atoms with Crippen molar-refractivity contribution in [2.24, 2.45) is 0 Å². The summed E-state index contributed by atoms with van der Waals surface area (Å²) in [5.41, 5.74) is 0.907. The van der Waals surface area contributed by atoms with Gasteiger partial charge in [-0.2, -0.15) is 9.37 Å². The minimum absolute atomic E-state index is 0.0409. The van der Waals surface area contributed by atoms with Gasteiger partial charge in [0.2, 0.25) is 17.8 Å². The Morgan fingerprint density at radius 3 is 2.46 bits per heavy atom. The second-order valence-electron chi connectivity index (χ2n) is 7.76. The van der Waals surface area contributed by atoms with Gasteiger partial charge in [0.1, 0.15) is 11.3 Å². The Labute approximate surface area is 205 Å². The molecule has 0 aliphatic heterocycles. The van der Waals surface area contributed by atoms with Crippen molar-refractivity contribution < 1.29 is 13.9 Å². The highest BCUT2D eigenvalue weighted by molar-refractivity contribution is 6.30. The standard InChI is InChI=1S/C25H21ClFN5O3/c1-31(2)23(33)20-14-28-25(32(24(20)34)15-16-6-8-17(26)9-7-16)29-18-10-12-19(13-11-18)35-22-5-3-4-21(27)30-22/h3-14H,15H2,1-2H3,(H,28,29). The normalized spacial score (nSPS) is 10.6. The van der Waals surface area contributed by atoms with Crippen molar-refractivity contribution in [3.05, 3.63) is 105 Å². The highest BCUT2D eigenvalue weighted by Crippen LogP contribution is 2.23. The number of ether oxygens (including phenoxy) is 1.